The molecule has 0 spiro atoms. The second-order valence-corrected chi connectivity index (χ2v) is 5.49. The highest BCUT2D eigenvalue weighted by Gasteiger charge is 1.95. The molecule has 0 saturated heterocycles. The summed E-state index contributed by atoms with van der Waals surface area (Å²) in [5.74, 6) is 0. The molecular formula is C15H21I. The Bertz CT molecular complexity index is 322. The van der Waals surface area contributed by atoms with Crippen molar-refractivity contribution in [2.45, 2.75) is 46.0 Å². The van der Waals surface area contributed by atoms with Gasteiger partial charge in [-0.25, -0.2) is 0 Å². The van der Waals surface area contributed by atoms with E-state index < -0.39 is 0 Å². The Balaban J connectivity index is 2.41. The van der Waals surface area contributed by atoms with Crippen molar-refractivity contribution in [3.8, 4) is 0 Å². The zero-order valence-electron chi connectivity index (χ0n) is 10.3. The van der Waals surface area contributed by atoms with Crippen molar-refractivity contribution >= 4 is 28.2 Å². The summed E-state index contributed by atoms with van der Waals surface area (Å²) >= 11 is 2.34. The van der Waals surface area contributed by atoms with Gasteiger partial charge in [-0.05, 0) is 65.6 Å². The number of unbranched alkanes of at least 4 members (excludes halogenated alkanes) is 4. The van der Waals surface area contributed by atoms with Crippen LogP contribution < -0.4 is 0 Å². The third kappa shape index (κ3) is 5.15. The van der Waals surface area contributed by atoms with E-state index in [-0.39, 0.29) is 0 Å². The van der Waals surface area contributed by atoms with Gasteiger partial charge in [0.05, 0.1) is 0 Å². The highest BCUT2D eigenvalue weighted by atomic mass is 127. The molecule has 0 N–H and O–H groups in total. The van der Waals surface area contributed by atoms with Crippen LogP contribution in [0.4, 0.5) is 0 Å². The van der Waals surface area contributed by atoms with Crippen molar-refractivity contribution in [2.24, 2.45) is 0 Å². The molecule has 0 radical (unpaired) electrons. The molecule has 0 atom stereocenters. The summed E-state index contributed by atoms with van der Waals surface area (Å²) < 4.78 is 1.30. The van der Waals surface area contributed by atoms with E-state index >= 15 is 0 Å². The van der Waals surface area contributed by atoms with Gasteiger partial charge in [-0.15, -0.1) is 0 Å². The van der Waals surface area contributed by atoms with E-state index in [0.717, 1.165) is 0 Å². The van der Waals surface area contributed by atoms with Gasteiger partial charge in [0.2, 0.25) is 0 Å². The monoisotopic (exact) mass is 328 g/mol. The topological polar surface area (TPSA) is 0 Å². The lowest BCUT2D eigenvalue weighted by Gasteiger charge is -2.02. The Morgan fingerprint density at radius 1 is 1.12 bits per heavy atom. The highest BCUT2D eigenvalue weighted by molar-refractivity contribution is 14.1. The van der Waals surface area contributed by atoms with E-state index in [0.29, 0.717) is 0 Å². The van der Waals surface area contributed by atoms with Crippen LogP contribution in [0.2, 0.25) is 0 Å². The minimum atomic E-state index is 1.22. The number of halogens is 1. The molecule has 0 aliphatic rings. The molecule has 1 heteroatoms. The molecule has 0 heterocycles. The van der Waals surface area contributed by atoms with Gasteiger partial charge in [-0.2, -0.15) is 0 Å². The highest BCUT2D eigenvalue weighted by Crippen LogP contribution is 2.17. The van der Waals surface area contributed by atoms with Crippen molar-refractivity contribution in [2.75, 3.05) is 0 Å². The molecule has 88 valence electrons. The number of allylic oxidation sites excluding steroid dienone is 2. The van der Waals surface area contributed by atoms with Crippen LogP contribution in [0.1, 0.15) is 51.5 Å². The smallest absolute Gasteiger partial charge is 0.0130 e. The molecule has 0 fully saturated rings. The van der Waals surface area contributed by atoms with Crippen LogP contribution in [0, 0.1) is 3.57 Å². The summed E-state index contributed by atoms with van der Waals surface area (Å²) in [7, 11) is 0. The number of rotatable bonds is 6. The fraction of sp³-hybridized carbons (Fsp3) is 0.467. The van der Waals surface area contributed by atoms with Crippen LogP contribution in [0.15, 0.2) is 30.3 Å². The van der Waals surface area contributed by atoms with E-state index in [2.05, 4.69) is 66.8 Å². The van der Waals surface area contributed by atoms with Gasteiger partial charge in [-0.1, -0.05) is 44.4 Å². The van der Waals surface area contributed by atoms with E-state index in [1.54, 1.807) is 0 Å². The van der Waals surface area contributed by atoms with Gasteiger partial charge < -0.3 is 0 Å². The Labute approximate surface area is 113 Å². The maximum absolute atomic E-state index is 2.37. The summed E-state index contributed by atoms with van der Waals surface area (Å²) in [4.78, 5) is 0. The molecule has 0 aromatic heterocycles. The molecule has 0 bridgehead atoms. The van der Waals surface area contributed by atoms with E-state index in [1.165, 1.54) is 46.8 Å². The largest absolute Gasteiger partial charge is 0.0810 e. The van der Waals surface area contributed by atoms with Crippen LogP contribution in [-0.4, -0.2) is 0 Å². The Morgan fingerprint density at radius 3 is 2.44 bits per heavy atom. The van der Waals surface area contributed by atoms with Gasteiger partial charge >= 0.3 is 0 Å². The molecule has 0 nitrogen and oxygen atoms in total. The minimum Gasteiger partial charge on any atom is -0.0810 e. The zero-order valence-corrected chi connectivity index (χ0v) is 12.5. The first-order valence-corrected chi connectivity index (χ1v) is 7.24. The molecule has 1 aromatic rings. The summed E-state index contributed by atoms with van der Waals surface area (Å²) in [5, 5.41) is 0. The lowest BCUT2D eigenvalue weighted by molar-refractivity contribution is 0.675. The zero-order chi connectivity index (χ0) is 11.8. The van der Waals surface area contributed by atoms with Gasteiger partial charge in [-0.3, -0.25) is 0 Å². The molecule has 1 aromatic carbocycles. The molecule has 0 amide bonds. The summed E-state index contributed by atoms with van der Waals surface area (Å²) in [6, 6.07) is 8.76. The maximum Gasteiger partial charge on any atom is 0.0130 e. The molecule has 0 saturated carbocycles. The molecule has 0 aliphatic carbocycles. The SMILES string of the molecule is CCCCCCC=C(C)c1ccc(I)cc1. The molecule has 0 aliphatic heterocycles. The first-order valence-electron chi connectivity index (χ1n) is 6.16. The van der Waals surface area contributed by atoms with E-state index in [4.69, 9.17) is 0 Å². The summed E-state index contributed by atoms with van der Waals surface area (Å²) in [5.41, 5.74) is 2.77. The van der Waals surface area contributed by atoms with Crippen LogP contribution in [0.5, 0.6) is 0 Å². The predicted octanol–water partition coefficient (Wildman–Crippen LogP) is 5.66. The summed E-state index contributed by atoms with van der Waals surface area (Å²) in [6.07, 6.45) is 8.98. The quantitative estimate of drug-likeness (QED) is 0.466. The average molecular weight is 328 g/mol. The van der Waals surface area contributed by atoms with Gasteiger partial charge in [0.25, 0.3) is 0 Å². The van der Waals surface area contributed by atoms with Gasteiger partial charge in [0.15, 0.2) is 0 Å². The normalized spacial score (nSPS) is 11.8. The average Bonchev–Trinajstić information content (AvgIpc) is 2.29. The number of hydrogen-bond donors (Lipinski definition) is 0. The Morgan fingerprint density at radius 2 is 1.81 bits per heavy atom. The molecular weight excluding hydrogens is 307 g/mol. The third-order valence-electron chi connectivity index (χ3n) is 2.81. The van der Waals surface area contributed by atoms with E-state index in [1.807, 2.05) is 0 Å². The standard InChI is InChI=1S/C15H21I/c1-3-4-5-6-7-8-13(2)14-9-11-15(16)12-10-14/h8-12H,3-7H2,1-2H3. The fourth-order valence-corrected chi connectivity index (χ4v) is 2.08. The third-order valence-corrected chi connectivity index (χ3v) is 3.53. The minimum absolute atomic E-state index is 1.22. The first-order chi connectivity index (χ1) is 7.74. The first kappa shape index (κ1) is 13.8. The van der Waals surface area contributed by atoms with Crippen LogP contribution in [0.3, 0.4) is 0 Å². The summed E-state index contributed by atoms with van der Waals surface area (Å²) in [6.45, 7) is 4.47. The van der Waals surface area contributed by atoms with Gasteiger partial charge in [0.1, 0.15) is 0 Å². The van der Waals surface area contributed by atoms with Crippen molar-refractivity contribution in [3.63, 3.8) is 0 Å². The lowest BCUT2D eigenvalue weighted by Crippen LogP contribution is -1.81. The number of benzene rings is 1. The molecule has 16 heavy (non-hydrogen) atoms. The lowest BCUT2D eigenvalue weighted by atomic mass is 10.0. The van der Waals surface area contributed by atoms with Crippen LogP contribution in [0.25, 0.3) is 5.57 Å². The van der Waals surface area contributed by atoms with Crippen molar-refractivity contribution in [1.29, 1.82) is 0 Å². The predicted molar refractivity (Wildman–Crippen MR) is 81.6 cm³/mol. The van der Waals surface area contributed by atoms with Gasteiger partial charge in [0, 0.05) is 3.57 Å². The van der Waals surface area contributed by atoms with Crippen molar-refractivity contribution in [1.82, 2.24) is 0 Å². The molecule has 0 unspecified atom stereocenters. The van der Waals surface area contributed by atoms with Crippen molar-refractivity contribution in [3.05, 3.63) is 39.5 Å². The second kappa shape index (κ2) is 7.88. The fourth-order valence-electron chi connectivity index (χ4n) is 1.72. The van der Waals surface area contributed by atoms with E-state index in [9.17, 15) is 0 Å². The van der Waals surface area contributed by atoms with Crippen LogP contribution >= 0.6 is 22.6 Å². The second-order valence-electron chi connectivity index (χ2n) is 4.24. The number of hydrogen-bond acceptors (Lipinski definition) is 0. The Kier molecular flexibility index (Phi) is 6.78. The Hall–Kier alpha value is -0.310. The van der Waals surface area contributed by atoms with Crippen molar-refractivity contribution < 1.29 is 0 Å². The maximum atomic E-state index is 2.37. The van der Waals surface area contributed by atoms with Crippen LogP contribution in [-0.2, 0) is 0 Å². The molecule has 1 rings (SSSR count).